The zero-order chi connectivity index (χ0) is 10.9. The van der Waals surface area contributed by atoms with Gasteiger partial charge in [0.05, 0.1) is 6.54 Å². The van der Waals surface area contributed by atoms with Crippen LogP contribution in [0.5, 0.6) is 0 Å². The van der Waals surface area contributed by atoms with Crippen LogP contribution in [0.1, 0.15) is 25.1 Å². The Kier molecular flexibility index (Phi) is 6.34. The maximum Gasteiger partial charge on any atom is 0.165 e. The van der Waals surface area contributed by atoms with E-state index in [-0.39, 0.29) is 0 Å². The molecule has 6 heteroatoms. The minimum atomic E-state index is 0.734. The number of unbranched alkanes of at least 4 members (excludes halogenated alkanes) is 2. The van der Waals surface area contributed by atoms with E-state index < -0.39 is 0 Å². The van der Waals surface area contributed by atoms with Gasteiger partial charge in [-0.2, -0.15) is 11.8 Å². The van der Waals surface area contributed by atoms with Crippen molar-refractivity contribution in [3.63, 3.8) is 0 Å². The van der Waals surface area contributed by atoms with E-state index in [2.05, 4.69) is 27.1 Å². The number of nitrogens with zero attached hydrogens (tertiary/aromatic N) is 4. The molecule has 1 aromatic heterocycles. The molecule has 0 saturated heterocycles. The Balaban J connectivity index is 2.21. The van der Waals surface area contributed by atoms with E-state index in [0.717, 1.165) is 25.3 Å². The third-order valence-corrected chi connectivity index (χ3v) is 2.86. The summed E-state index contributed by atoms with van der Waals surface area (Å²) in [5, 5.41) is 14.6. The molecule has 0 aromatic carbocycles. The van der Waals surface area contributed by atoms with Gasteiger partial charge in [0, 0.05) is 6.54 Å². The van der Waals surface area contributed by atoms with Crippen molar-refractivity contribution in [1.82, 2.24) is 25.5 Å². The maximum absolute atomic E-state index is 3.96. The number of tetrazole rings is 1. The number of aryl methyl sites for hydroxylation is 1. The summed E-state index contributed by atoms with van der Waals surface area (Å²) in [6.45, 7) is 1.66. The van der Waals surface area contributed by atoms with Crippen molar-refractivity contribution in [3.05, 3.63) is 5.82 Å². The molecule has 1 aromatic rings. The lowest BCUT2D eigenvalue weighted by Gasteiger charge is -2.03. The lowest BCUT2D eigenvalue weighted by molar-refractivity contribution is 0.514. The van der Waals surface area contributed by atoms with Gasteiger partial charge in [0.1, 0.15) is 0 Å². The average molecular weight is 229 g/mol. The molecule has 0 spiro atoms. The van der Waals surface area contributed by atoms with Crippen LogP contribution in [0.25, 0.3) is 0 Å². The predicted molar refractivity (Wildman–Crippen MR) is 62.8 cm³/mol. The summed E-state index contributed by atoms with van der Waals surface area (Å²) in [6, 6.07) is 0. The van der Waals surface area contributed by atoms with Crippen LogP contribution in [0.15, 0.2) is 0 Å². The maximum atomic E-state index is 3.96. The zero-order valence-electron chi connectivity index (χ0n) is 9.44. The number of thioether (sulfide) groups is 1. The zero-order valence-corrected chi connectivity index (χ0v) is 10.3. The van der Waals surface area contributed by atoms with Gasteiger partial charge in [-0.25, -0.2) is 4.68 Å². The number of hydrogen-bond acceptors (Lipinski definition) is 5. The van der Waals surface area contributed by atoms with Gasteiger partial charge >= 0.3 is 0 Å². The van der Waals surface area contributed by atoms with Crippen LogP contribution >= 0.6 is 11.8 Å². The lowest BCUT2D eigenvalue weighted by Crippen LogP contribution is -2.13. The molecule has 0 fully saturated rings. The van der Waals surface area contributed by atoms with Crippen LogP contribution < -0.4 is 5.32 Å². The fourth-order valence-electron chi connectivity index (χ4n) is 1.37. The third-order valence-electron chi connectivity index (χ3n) is 2.16. The van der Waals surface area contributed by atoms with Crippen molar-refractivity contribution in [3.8, 4) is 0 Å². The van der Waals surface area contributed by atoms with Crippen LogP contribution in [0.2, 0.25) is 0 Å². The first-order valence-corrected chi connectivity index (χ1v) is 6.66. The first-order valence-electron chi connectivity index (χ1n) is 5.27. The third kappa shape index (κ3) is 4.61. The number of hydrogen-bond donors (Lipinski definition) is 1. The highest BCUT2D eigenvalue weighted by Gasteiger charge is 2.03. The van der Waals surface area contributed by atoms with E-state index in [1.54, 1.807) is 0 Å². The summed E-state index contributed by atoms with van der Waals surface area (Å²) >= 11 is 1.90. The van der Waals surface area contributed by atoms with Crippen molar-refractivity contribution in [2.45, 2.75) is 32.4 Å². The van der Waals surface area contributed by atoms with Crippen LogP contribution in [0, 0.1) is 0 Å². The van der Waals surface area contributed by atoms with Crippen molar-refractivity contribution in [2.75, 3.05) is 19.1 Å². The Morgan fingerprint density at radius 2 is 2.20 bits per heavy atom. The molecule has 86 valence electrons. The first-order chi connectivity index (χ1) is 7.38. The summed E-state index contributed by atoms with van der Waals surface area (Å²) in [5.74, 6) is 2.17. The molecule has 0 bridgehead atoms. The van der Waals surface area contributed by atoms with Gasteiger partial charge in [-0.05, 0) is 42.3 Å². The second-order valence-electron chi connectivity index (χ2n) is 3.40. The summed E-state index contributed by atoms with van der Waals surface area (Å²) < 4.78 is 1.88. The summed E-state index contributed by atoms with van der Waals surface area (Å²) in [6.07, 6.45) is 5.83. The lowest BCUT2D eigenvalue weighted by atomic mass is 10.2. The second kappa shape index (κ2) is 7.64. The summed E-state index contributed by atoms with van der Waals surface area (Å²) in [4.78, 5) is 0. The fourth-order valence-corrected chi connectivity index (χ4v) is 1.86. The number of rotatable bonds is 8. The Labute approximate surface area is 95.0 Å². The Morgan fingerprint density at radius 3 is 2.93 bits per heavy atom. The van der Waals surface area contributed by atoms with E-state index in [4.69, 9.17) is 0 Å². The van der Waals surface area contributed by atoms with Gasteiger partial charge in [0.25, 0.3) is 0 Å². The molecular formula is C9H19N5S. The molecule has 1 N–H and O–H groups in total. The number of nitrogens with one attached hydrogen (secondary N) is 1. The monoisotopic (exact) mass is 229 g/mol. The highest BCUT2D eigenvalue weighted by Crippen LogP contribution is 2.04. The highest BCUT2D eigenvalue weighted by atomic mass is 32.2. The Morgan fingerprint density at radius 1 is 1.33 bits per heavy atom. The number of aromatic nitrogens is 4. The second-order valence-corrected chi connectivity index (χ2v) is 4.39. The van der Waals surface area contributed by atoms with E-state index in [9.17, 15) is 0 Å². The highest BCUT2D eigenvalue weighted by molar-refractivity contribution is 7.98. The van der Waals surface area contributed by atoms with Gasteiger partial charge in [0.15, 0.2) is 5.82 Å². The summed E-state index contributed by atoms with van der Waals surface area (Å²) in [7, 11) is 1.90. The molecule has 5 nitrogen and oxygen atoms in total. The van der Waals surface area contributed by atoms with Crippen LogP contribution in [-0.4, -0.2) is 39.3 Å². The summed E-state index contributed by atoms with van der Waals surface area (Å²) in [5.41, 5.74) is 0. The topological polar surface area (TPSA) is 55.6 Å². The quantitative estimate of drug-likeness (QED) is 0.672. The molecular weight excluding hydrogens is 210 g/mol. The Bertz CT molecular complexity index is 263. The van der Waals surface area contributed by atoms with Gasteiger partial charge < -0.3 is 5.32 Å². The van der Waals surface area contributed by atoms with Gasteiger partial charge in [-0.15, -0.1) is 5.10 Å². The normalized spacial score (nSPS) is 10.8. The molecule has 0 unspecified atom stereocenters. The van der Waals surface area contributed by atoms with E-state index in [1.807, 2.05) is 23.5 Å². The van der Waals surface area contributed by atoms with Gasteiger partial charge in [-0.1, -0.05) is 6.42 Å². The average Bonchev–Trinajstić information content (AvgIpc) is 2.66. The molecule has 1 rings (SSSR count). The standard InChI is InChI=1S/C9H19N5S/c1-10-8-9-11-12-13-14(9)6-4-3-5-7-15-2/h10H,3-8H2,1-2H3. The molecule has 0 saturated carbocycles. The minimum absolute atomic E-state index is 0.734. The SMILES string of the molecule is CNCc1nnnn1CCCCCSC. The van der Waals surface area contributed by atoms with Crippen molar-refractivity contribution >= 4 is 11.8 Å². The largest absolute Gasteiger partial charge is 0.313 e. The fraction of sp³-hybridized carbons (Fsp3) is 0.889. The Hall–Kier alpha value is -0.620. The van der Waals surface area contributed by atoms with E-state index in [1.165, 1.54) is 18.6 Å². The van der Waals surface area contributed by atoms with Gasteiger partial charge in [0.2, 0.25) is 0 Å². The predicted octanol–water partition coefficient (Wildman–Crippen LogP) is 0.926. The van der Waals surface area contributed by atoms with E-state index >= 15 is 0 Å². The molecule has 0 radical (unpaired) electrons. The molecule has 0 aliphatic rings. The van der Waals surface area contributed by atoms with Crippen LogP contribution in [0.3, 0.4) is 0 Å². The molecule has 1 heterocycles. The van der Waals surface area contributed by atoms with Crippen LogP contribution in [0.4, 0.5) is 0 Å². The van der Waals surface area contributed by atoms with Crippen molar-refractivity contribution in [2.24, 2.45) is 0 Å². The molecule has 0 aliphatic heterocycles. The van der Waals surface area contributed by atoms with E-state index in [0.29, 0.717) is 0 Å². The van der Waals surface area contributed by atoms with Crippen molar-refractivity contribution in [1.29, 1.82) is 0 Å². The van der Waals surface area contributed by atoms with Crippen LogP contribution in [-0.2, 0) is 13.1 Å². The molecule has 0 atom stereocenters. The van der Waals surface area contributed by atoms with Gasteiger partial charge in [-0.3, -0.25) is 0 Å². The smallest absolute Gasteiger partial charge is 0.165 e. The molecule has 0 amide bonds. The minimum Gasteiger partial charge on any atom is -0.313 e. The molecule has 0 aliphatic carbocycles. The first kappa shape index (κ1) is 12.4. The molecule has 15 heavy (non-hydrogen) atoms. The van der Waals surface area contributed by atoms with Crippen molar-refractivity contribution < 1.29 is 0 Å².